The number of oxime groups is 1. The molecule has 2 aromatic carbocycles. The Balaban J connectivity index is 2.29. The Morgan fingerprint density at radius 1 is 1.21 bits per heavy atom. The van der Waals surface area contributed by atoms with Crippen LogP contribution in [0.2, 0.25) is 0 Å². The Bertz CT molecular complexity index is 794. The lowest BCUT2D eigenvalue weighted by Crippen LogP contribution is -2.29. The molecule has 0 aliphatic rings. The number of benzene rings is 2. The highest BCUT2D eigenvalue weighted by Gasteiger charge is 2.18. The van der Waals surface area contributed by atoms with Crippen LogP contribution in [0.3, 0.4) is 0 Å². The van der Waals surface area contributed by atoms with Crippen LogP contribution in [0.5, 0.6) is 5.75 Å². The van der Waals surface area contributed by atoms with Crippen molar-refractivity contribution in [3.63, 3.8) is 0 Å². The smallest absolute Gasteiger partial charge is 0.286 e. The summed E-state index contributed by atoms with van der Waals surface area (Å²) in [5, 5.41) is 14.4. The van der Waals surface area contributed by atoms with Gasteiger partial charge in [-0.1, -0.05) is 47.6 Å². The molecule has 6 nitrogen and oxygen atoms in total. The second-order valence-electron chi connectivity index (χ2n) is 4.90. The van der Waals surface area contributed by atoms with Crippen LogP contribution in [0.15, 0.2) is 53.7 Å². The normalized spacial score (nSPS) is 10.6. The van der Waals surface area contributed by atoms with Gasteiger partial charge in [0, 0.05) is 5.56 Å². The predicted octanol–water partition coefficient (Wildman–Crippen LogP) is 2.52. The fourth-order valence-electron chi connectivity index (χ4n) is 2.17. The number of ether oxygens (including phenoxy) is 1. The van der Waals surface area contributed by atoms with Gasteiger partial charge in [0.25, 0.3) is 5.91 Å². The van der Waals surface area contributed by atoms with Crippen molar-refractivity contribution in [2.75, 3.05) is 7.11 Å². The van der Waals surface area contributed by atoms with Gasteiger partial charge < -0.3 is 9.57 Å². The fraction of sp³-hybridized carbons (Fsp3) is 0.167. The number of nitrogens with one attached hydrogen (secondary N) is 1. The van der Waals surface area contributed by atoms with Crippen molar-refractivity contribution in [1.29, 1.82) is 5.26 Å². The third kappa shape index (κ3) is 4.11. The highest BCUT2D eigenvalue weighted by molar-refractivity contribution is 6.45. The second-order valence-corrected chi connectivity index (χ2v) is 4.90. The number of carbonyl (C=O) groups is 1. The van der Waals surface area contributed by atoms with Gasteiger partial charge in [0.05, 0.1) is 0 Å². The molecule has 0 aromatic heterocycles. The van der Waals surface area contributed by atoms with E-state index in [1.807, 2.05) is 43.3 Å². The molecule has 1 amide bonds. The Kier molecular flexibility index (Phi) is 5.92. The molecule has 2 aromatic rings. The lowest BCUT2D eigenvalue weighted by Gasteiger charge is -2.13. The van der Waals surface area contributed by atoms with Gasteiger partial charge in [0.2, 0.25) is 0 Å². The maximum Gasteiger partial charge on any atom is 0.286 e. The number of hydrogen-bond acceptors (Lipinski definition) is 5. The van der Waals surface area contributed by atoms with Crippen molar-refractivity contribution in [3.8, 4) is 11.9 Å². The van der Waals surface area contributed by atoms with Gasteiger partial charge in [-0.25, -0.2) is 0 Å². The van der Waals surface area contributed by atoms with Crippen molar-refractivity contribution in [1.82, 2.24) is 5.32 Å². The molecule has 0 heterocycles. The zero-order valence-corrected chi connectivity index (χ0v) is 13.4. The standard InChI is InChI=1S/C18H17N3O3/c1-13-7-3-6-10-16(13)24-11-14-8-4-5-9-15(14)17(21-23-2)18(22)20-12-19/h3-10H,11H2,1-2H3,(H,20,22)/b21-17-. The van der Waals surface area contributed by atoms with Gasteiger partial charge >= 0.3 is 0 Å². The molecular weight excluding hydrogens is 306 g/mol. The number of carbonyl (C=O) groups excluding carboxylic acids is 1. The minimum absolute atomic E-state index is 0.0167. The molecular formula is C18H17N3O3. The molecule has 0 aliphatic heterocycles. The molecule has 0 atom stereocenters. The van der Waals surface area contributed by atoms with Gasteiger partial charge in [-0.2, -0.15) is 5.26 Å². The molecule has 0 radical (unpaired) electrons. The third-order valence-corrected chi connectivity index (χ3v) is 3.32. The van der Waals surface area contributed by atoms with Crippen LogP contribution in [-0.2, 0) is 16.2 Å². The van der Waals surface area contributed by atoms with Crippen LogP contribution in [0.4, 0.5) is 0 Å². The van der Waals surface area contributed by atoms with E-state index in [1.165, 1.54) is 7.11 Å². The Morgan fingerprint density at radius 2 is 1.92 bits per heavy atom. The van der Waals surface area contributed by atoms with Gasteiger partial charge in [0.1, 0.15) is 19.5 Å². The molecule has 24 heavy (non-hydrogen) atoms. The van der Waals surface area contributed by atoms with Crippen molar-refractivity contribution in [2.24, 2.45) is 5.16 Å². The molecule has 0 bridgehead atoms. The monoisotopic (exact) mass is 323 g/mol. The van der Waals surface area contributed by atoms with Crippen molar-refractivity contribution >= 4 is 11.6 Å². The van der Waals surface area contributed by atoms with Gasteiger partial charge in [0.15, 0.2) is 11.9 Å². The van der Waals surface area contributed by atoms with E-state index in [9.17, 15) is 4.79 Å². The summed E-state index contributed by atoms with van der Waals surface area (Å²) >= 11 is 0. The molecule has 6 heteroatoms. The molecule has 0 unspecified atom stereocenters. The highest BCUT2D eigenvalue weighted by Crippen LogP contribution is 2.19. The van der Waals surface area contributed by atoms with E-state index >= 15 is 0 Å². The first-order chi connectivity index (χ1) is 11.7. The molecule has 0 spiro atoms. The van der Waals surface area contributed by atoms with Crippen LogP contribution >= 0.6 is 0 Å². The maximum absolute atomic E-state index is 12.0. The van der Waals surface area contributed by atoms with Crippen LogP contribution in [0, 0.1) is 18.4 Å². The molecule has 1 N–H and O–H groups in total. The summed E-state index contributed by atoms with van der Waals surface area (Å²) in [5.41, 5.74) is 2.33. The number of nitrogens with zero attached hydrogens (tertiary/aromatic N) is 2. The van der Waals surface area contributed by atoms with Crippen LogP contribution in [0.25, 0.3) is 0 Å². The van der Waals surface area contributed by atoms with Crippen molar-refractivity contribution in [3.05, 3.63) is 65.2 Å². The van der Waals surface area contributed by atoms with Gasteiger partial charge in [-0.05, 0) is 24.1 Å². The number of nitriles is 1. The SMILES string of the molecule is CO/N=C(\C(=O)NC#N)c1ccccc1COc1ccccc1C. The van der Waals surface area contributed by atoms with E-state index in [4.69, 9.17) is 14.8 Å². The summed E-state index contributed by atoms with van der Waals surface area (Å²) in [5.74, 6) is 0.127. The Labute approximate surface area is 140 Å². The second kappa shape index (κ2) is 8.34. The quantitative estimate of drug-likeness (QED) is 0.383. The minimum Gasteiger partial charge on any atom is -0.489 e. The summed E-state index contributed by atoms with van der Waals surface area (Å²) < 4.78 is 5.84. The van der Waals surface area contributed by atoms with Gasteiger partial charge in [-0.15, -0.1) is 0 Å². The largest absolute Gasteiger partial charge is 0.489 e. The summed E-state index contributed by atoms with van der Waals surface area (Å²) in [6, 6.07) is 14.8. The molecule has 122 valence electrons. The lowest BCUT2D eigenvalue weighted by molar-refractivity contribution is -0.113. The Hall–Kier alpha value is -3.33. The van der Waals surface area contributed by atoms with Crippen molar-refractivity contribution < 1.29 is 14.4 Å². The average molecular weight is 323 g/mol. The zero-order chi connectivity index (χ0) is 17.4. The molecule has 0 aliphatic carbocycles. The first-order valence-corrected chi connectivity index (χ1v) is 7.24. The van der Waals surface area contributed by atoms with E-state index < -0.39 is 5.91 Å². The third-order valence-electron chi connectivity index (χ3n) is 3.32. The summed E-state index contributed by atoms with van der Waals surface area (Å²) in [6.07, 6.45) is 1.59. The van der Waals surface area contributed by atoms with Crippen LogP contribution in [0.1, 0.15) is 16.7 Å². The molecule has 0 saturated carbocycles. The lowest BCUT2D eigenvalue weighted by atomic mass is 10.0. The molecule has 0 saturated heterocycles. The van der Waals surface area contributed by atoms with Gasteiger partial charge in [-0.3, -0.25) is 10.1 Å². The van der Waals surface area contributed by atoms with E-state index in [2.05, 4.69) is 10.5 Å². The first kappa shape index (κ1) is 17.0. The topological polar surface area (TPSA) is 83.7 Å². The number of aryl methyl sites for hydroxylation is 1. The number of amides is 1. The predicted molar refractivity (Wildman–Crippen MR) is 89.3 cm³/mol. The van der Waals surface area contributed by atoms with E-state index in [-0.39, 0.29) is 12.3 Å². The van der Waals surface area contributed by atoms with Crippen LogP contribution < -0.4 is 10.1 Å². The average Bonchev–Trinajstić information content (AvgIpc) is 2.59. The fourth-order valence-corrected chi connectivity index (χ4v) is 2.17. The zero-order valence-electron chi connectivity index (χ0n) is 13.4. The number of para-hydroxylation sites is 1. The Morgan fingerprint density at radius 3 is 2.62 bits per heavy atom. The highest BCUT2D eigenvalue weighted by atomic mass is 16.6. The summed E-state index contributed by atoms with van der Waals surface area (Å²) in [7, 11) is 1.34. The van der Waals surface area contributed by atoms with E-state index in [0.29, 0.717) is 5.56 Å². The minimum atomic E-state index is -0.636. The molecule has 0 fully saturated rings. The first-order valence-electron chi connectivity index (χ1n) is 7.24. The number of rotatable bonds is 6. The summed E-state index contributed by atoms with van der Waals surface area (Å²) in [6.45, 7) is 2.21. The summed E-state index contributed by atoms with van der Waals surface area (Å²) in [4.78, 5) is 16.8. The van der Waals surface area contributed by atoms with E-state index in [1.54, 1.807) is 18.3 Å². The van der Waals surface area contributed by atoms with E-state index in [0.717, 1.165) is 16.9 Å². The maximum atomic E-state index is 12.0. The van der Waals surface area contributed by atoms with Crippen molar-refractivity contribution in [2.45, 2.75) is 13.5 Å². The number of hydrogen-bond donors (Lipinski definition) is 1. The molecule has 2 rings (SSSR count). The van der Waals surface area contributed by atoms with Crippen LogP contribution in [-0.4, -0.2) is 18.7 Å².